The van der Waals surface area contributed by atoms with E-state index in [2.05, 4.69) is 11.0 Å². The van der Waals surface area contributed by atoms with Gasteiger partial charge in [0, 0.05) is 6.21 Å². The number of hydrogen-bond acceptors (Lipinski definition) is 1. The van der Waals surface area contributed by atoms with Crippen molar-refractivity contribution in [2.24, 2.45) is 4.40 Å². The summed E-state index contributed by atoms with van der Waals surface area (Å²) in [6, 6.07) is 7.45. The van der Waals surface area contributed by atoms with Gasteiger partial charge in [-0.1, -0.05) is 30.4 Å². The van der Waals surface area contributed by atoms with E-state index < -0.39 is 11.0 Å². The van der Waals surface area contributed by atoms with Crippen LogP contribution in [0.2, 0.25) is 0 Å². The lowest BCUT2D eigenvalue weighted by Gasteiger charge is -1.95. The Labute approximate surface area is 80.6 Å². The summed E-state index contributed by atoms with van der Waals surface area (Å²) in [4.78, 5) is 0.712. The van der Waals surface area contributed by atoms with Crippen molar-refractivity contribution < 1.29 is 4.21 Å². The van der Waals surface area contributed by atoms with Gasteiger partial charge in [0.05, 0.1) is 4.90 Å². The Balaban J connectivity index is 2.83. The van der Waals surface area contributed by atoms with Crippen molar-refractivity contribution in [2.45, 2.75) is 11.8 Å². The van der Waals surface area contributed by atoms with Crippen LogP contribution in [-0.2, 0) is 11.0 Å². The Kier molecular flexibility index (Phi) is 3.58. The van der Waals surface area contributed by atoms with Crippen molar-refractivity contribution in [1.82, 2.24) is 0 Å². The molecule has 0 aliphatic carbocycles. The largest absolute Gasteiger partial charge is 0.229 e. The number of benzene rings is 1. The molecule has 0 heterocycles. The van der Waals surface area contributed by atoms with Crippen LogP contribution in [0.5, 0.6) is 0 Å². The molecule has 13 heavy (non-hydrogen) atoms. The van der Waals surface area contributed by atoms with E-state index in [0.29, 0.717) is 4.90 Å². The van der Waals surface area contributed by atoms with Crippen molar-refractivity contribution in [3.8, 4) is 0 Å². The maximum Gasteiger partial charge on any atom is 0.172 e. The summed E-state index contributed by atoms with van der Waals surface area (Å²) in [5, 5.41) is 0. The van der Waals surface area contributed by atoms with Crippen LogP contribution in [0.25, 0.3) is 0 Å². The molecule has 68 valence electrons. The van der Waals surface area contributed by atoms with Crippen LogP contribution in [-0.4, -0.2) is 10.4 Å². The zero-order valence-electron chi connectivity index (χ0n) is 7.43. The Morgan fingerprint density at radius 1 is 1.38 bits per heavy atom. The first-order chi connectivity index (χ1) is 6.24. The standard InChI is InChI=1S/C10H11NOS/c1-3-8-11-13(12)10-6-4-9(2)5-7-10/h3-8H,1H2,2H3/b11-8+/t13-/m0/s1. The molecule has 1 aromatic rings. The quantitative estimate of drug-likeness (QED) is 0.677. The normalized spacial score (nSPS) is 13.0. The van der Waals surface area contributed by atoms with Crippen molar-refractivity contribution in [1.29, 1.82) is 0 Å². The Hall–Kier alpha value is -1.22. The number of rotatable bonds is 3. The fourth-order valence-electron chi connectivity index (χ4n) is 0.814. The number of nitrogens with zero attached hydrogens (tertiary/aromatic N) is 1. The van der Waals surface area contributed by atoms with Crippen LogP contribution in [0, 0.1) is 6.92 Å². The van der Waals surface area contributed by atoms with Gasteiger partial charge in [0.25, 0.3) is 0 Å². The third-order valence-electron chi connectivity index (χ3n) is 1.48. The van der Waals surface area contributed by atoms with E-state index in [-0.39, 0.29) is 0 Å². The number of allylic oxidation sites excluding steroid dienone is 1. The first-order valence-electron chi connectivity index (χ1n) is 3.87. The van der Waals surface area contributed by atoms with E-state index in [0.717, 1.165) is 5.56 Å². The van der Waals surface area contributed by atoms with Gasteiger partial charge in [-0.2, -0.15) is 4.40 Å². The molecule has 0 saturated heterocycles. The lowest BCUT2D eigenvalue weighted by atomic mass is 10.2. The van der Waals surface area contributed by atoms with Crippen LogP contribution in [0.15, 0.2) is 46.2 Å². The molecule has 0 aliphatic heterocycles. The van der Waals surface area contributed by atoms with Crippen LogP contribution in [0.1, 0.15) is 5.56 Å². The molecular formula is C10H11NOS. The minimum Gasteiger partial charge on any atom is -0.229 e. The monoisotopic (exact) mass is 193 g/mol. The summed E-state index contributed by atoms with van der Waals surface area (Å²) in [6.07, 6.45) is 2.95. The Morgan fingerprint density at radius 3 is 2.54 bits per heavy atom. The lowest BCUT2D eigenvalue weighted by molar-refractivity contribution is 0.684. The van der Waals surface area contributed by atoms with E-state index in [1.807, 2.05) is 31.2 Å². The van der Waals surface area contributed by atoms with Crippen LogP contribution in [0.4, 0.5) is 0 Å². The summed E-state index contributed by atoms with van der Waals surface area (Å²) in [6.45, 7) is 5.44. The molecule has 0 saturated carbocycles. The maximum absolute atomic E-state index is 11.4. The van der Waals surface area contributed by atoms with E-state index >= 15 is 0 Å². The molecule has 0 fully saturated rings. The van der Waals surface area contributed by atoms with Gasteiger partial charge in [0.15, 0.2) is 11.0 Å². The van der Waals surface area contributed by atoms with Gasteiger partial charge in [0.2, 0.25) is 0 Å². The zero-order chi connectivity index (χ0) is 9.68. The van der Waals surface area contributed by atoms with Gasteiger partial charge < -0.3 is 0 Å². The van der Waals surface area contributed by atoms with Crippen molar-refractivity contribution in [3.63, 3.8) is 0 Å². The molecule has 0 bridgehead atoms. The van der Waals surface area contributed by atoms with E-state index in [1.54, 1.807) is 0 Å². The average molecular weight is 193 g/mol. The molecule has 0 radical (unpaired) electrons. The molecular weight excluding hydrogens is 182 g/mol. The van der Waals surface area contributed by atoms with Crippen molar-refractivity contribution in [2.75, 3.05) is 0 Å². The first-order valence-corrected chi connectivity index (χ1v) is 4.98. The second-order valence-electron chi connectivity index (χ2n) is 2.55. The molecule has 0 aliphatic rings. The molecule has 1 aromatic carbocycles. The number of hydrogen-bond donors (Lipinski definition) is 0. The molecule has 1 atom stereocenters. The van der Waals surface area contributed by atoms with Crippen LogP contribution in [0.3, 0.4) is 0 Å². The maximum atomic E-state index is 11.4. The summed E-state index contributed by atoms with van der Waals surface area (Å²) >= 11 is 0. The lowest BCUT2D eigenvalue weighted by Crippen LogP contribution is -1.86. The molecule has 0 aromatic heterocycles. The third kappa shape index (κ3) is 2.95. The van der Waals surface area contributed by atoms with E-state index in [9.17, 15) is 4.21 Å². The first kappa shape index (κ1) is 9.86. The van der Waals surface area contributed by atoms with Gasteiger partial charge in [-0.3, -0.25) is 0 Å². The Bertz CT molecular complexity index is 340. The molecule has 2 nitrogen and oxygen atoms in total. The van der Waals surface area contributed by atoms with E-state index in [4.69, 9.17) is 0 Å². The highest BCUT2D eigenvalue weighted by Crippen LogP contribution is 2.08. The molecule has 0 spiro atoms. The summed E-state index contributed by atoms with van der Waals surface area (Å²) in [5.41, 5.74) is 1.15. The van der Waals surface area contributed by atoms with Crippen molar-refractivity contribution >= 4 is 17.2 Å². The minimum absolute atomic E-state index is 0.712. The fourth-order valence-corrected chi connectivity index (χ4v) is 1.50. The SMILES string of the molecule is C=C/C=N/[S@@](=O)c1ccc(C)cc1. The van der Waals surface area contributed by atoms with Gasteiger partial charge in [-0.25, -0.2) is 4.21 Å². The second-order valence-corrected chi connectivity index (χ2v) is 3.73. The highest BCUT2D eigenvalue weighted by atomic mass is 32.2. The smallest absolute Gasteiger partial charge is 0.172 e. The average Bonchev–Trinajstić information content (AvgIpc) is 2.15. The van der Waals surface area contributed by atoms with Crippen LogP contribution < -0.4 is 0 Å². The molecule has 0 N–H and O–H groups in total. The topological polar surface area (TPSA) is 29.4 Å². The summed E-state index contributed by atoms with van der Waals surface area (Å²) in [5.74, 6) is 0. The van der Waals surface area contributed by atoms with E-state index in [1.165, 1.54) is 12.3 Å². The molecule has 0 unspecified atom stereocenters. The second kappa shape index (κ2) is 4.72. The predicted molar refractivity (Wildman–Crippen MR) is 56.3 cm³/mol. The molecule has 3 heteroatoms. The van der Waals surface area contributed by atoms with Gasteiger partial charge in [-0.05, 0) is 19.1 Å². The fraction of sp³-hybridized carbons (Fsp3) is 0.100. The highest BCUT2D eigenvalue weighted by molar-refractivity contribution is 7.83. The number of aryl methyl sites for hydroxylation is 1. The van der Waals surface area contributed by atoms with Gasteiger partial charge in [-0.15, -0.1) is 0 Å². The highest BCUT2D eigenvalue weighted by Gasteiger charge is 1.98. The van der Waals surface area contributed by atoms with Crippen LogP contribution >= 0.6 is 0 Å². The summed E-state index contributed by atoms with van der Waals surface area (Å²) in [7, 11) is -1.29. The zero-order valence-corrected chi connectivity index (χ0v) is 8.25. The predicted octanol–water partition coefficient (Wildman–Crippen LogP) is 2.27. The van der Waals surface area contributed by atoms with Gasteiger partial charge >= 0.3 is 0 Å². The Morgan fingerprint density at radius 2 is 2.00 bits per heavy atom. The molecule has 1 rings (SSSR count). The minimum atomic E-state index is -1.29. The third-order valence-corrected chi connectivity index (χ3v) is 2.47. The van der Waals surface area contributed by atoms with Gasteiger partial charge in [0.1, 0.15) is 0 Å². The summed E-state index contributed by atoms with van der Waals surface area (Å²) < 4.78 is 15.2. The van der Waals surface area contributed by atoms with Crippen molar-refractivity contribution in [3.05, 3.63) is 42.5 Å². The molecule has 0 amide bonds.